The van der Waals surface area contributed by atoms with Crippen LogP contribution in [0.25, 0.3) is 0 Å². The molecule has 0 heterocycles. The van der Waals surface area contributed by atoms with Crippen LogP contribution in [0.2, 0.25) is 5.02 Å². The van der Waals surface area contributed by atoms with E-state index in [0.717, 1.165) is 5.56 Å². The van der Waals surface area contributed by atoms with E-state index in [1.165, 1.54) is 17.0 Å². The summed E-state index contributed by atoms with van der Waals surface area (Å²) in [6.45, 7) is 5.49. The van der Waals surface area contributed by atoms with Crippen LogP contribution in [0.3, 0.4) is 0 Å². The molecular formula is C22H26ClFN2O3. The van der Waals surface area contributed by atoms with Crippen LogP contribution in [0.1, 0.15) is 32.8 Å². The van der Waals surface area contributed by atoms with Gasteiger partial charge in [0.1, 0.15) is 17.6 Å². The van der Waals surface area contributed by atoms with Gasteiger partial charge in [-0.3, -0.25) is 9.59 Å². The first-order valence-electron chi connectivity index (χ1n) is 9.52. The van der Waals surface area contributed by atoms with E-state index < -0.39 is 6.04 Å². The molecule has 0 unspecified atom stereocenters. The summed E-state index contributed by atoms with van der Waals surface area (Å²) in [5, 5.41) is 3.35. The Balaban J connectivity index is 2.20. The average molecular weight is 421 g/mol. The lowest BCUT2D eigenvalue weighted by Gasteiger charge is -2.31. The van der Waals surface area contributed by atoms with Crippen molar-refractivity contribution in [2.75, 3.05) is 6.61 Å². The second kappa shape index (κ2) is 10.8. The quantitative estimate of drug-likeness (QED) is 0.661. The summed E-state index contributed by atoms with van der Waals surface area (Å²) in [6.07, 6.45) is 0.433. The molecule has 0 aliphatic carbocycles. The van der Waals surface area contributed by atoms with E-state index in [9.17, 15) is 14.0 Å². The summed E-state index contributed by atoms with van der Waals surface area (Å²) < 4.78 is 18.8. The van der Waals surface area contributed by atoms with Gasteiger partial charge in [0.15, 0.2) is 6.61 Å². The van der Waals surface area contributed by atoms with Crippen molar-refractivity contribution in [2.45, 2.75) is 45.8 Å². The van der Waals surface area contributed by atoms with Gasteiger partial charge in [0.2, 0.25) is 5.91 Å². The third kappa shape index (κ3) is 7.06. The maximum absolute atomic E-state index is 13.2. The predicted octanol–water partition coefficient (Wildman–Crippen LogP) is 4.19. The van der Waals surface area contributed by atoms with Gasteiger partial charge >= 0.3 is 0 Å². The molecule has 0 aliphatic heterocycles. The van der Waals surface area contributed by atoms with Crippen LogP contribution in [0.15, 0.2) is 48.5 Å². The molecule has 156 valence electrons. The Morgan fingerprint density at radius 1 is 1.17 bits per heavy atom. The summed E-state index contributed by atoms with van der Waals surface area (Å²) in [6, 6.07) is 11.9. The standard InChI is InChI=1S/C22H26ClFN2O3/c1-4-20(22(28)25-15(2)3)26(13-16-8-10-18(24)11-9-16)21(27)14-29-19-7-5-6-17(23)12-19/h5-12,15,20H,4,13-14H2,1-3H3,(H,25,28)/t20-/m0/s1. The number of rotatable bonds is 9. The molecule has 2 aromatic carbocycles. The van der Waals surface area contributed by atoms with Gasteiger partial charge in [0.25, 0.3) is 5.91 Å². The second-order valence-corrected chi connectivity index (χ2v) is 7.42. The molecule has 0 fully saturated rings. The van der Waals surface area contributed by atoms with E-state index in [-0.39, 0.29) is 36.8 Å². The Kier molecular flexibility index (Phi) is 8.46. The number of amides is 2. The lowest BCUT2D eigenvalue weighted by Crippen LogP contribution is -2.51. The fraction of sp³-hybridized carbons (Fsp3) is 0.364. The summed E-state index contributed by atoms with van der Waals surface area (Å²) in [5.74, 6) is -0.478. The molecule has 2 rings (SSSR count). The van der Waals surface area contributed by atoms with Gasteiger partial charge in [-0.1, -0.05) is 36.7 Å². The molecule has 0 aromatic heterocycles. The molecule has 0 saturated carbocycles. The number of halogens is 2. The number of carbonyl (C=O) groups is 2. The van der Waals surface area contributed by atoms with E-state index >= 15 is 0 Å². The van der Waals surface area contributed by atoms with Crippen molar-refractivity contribution in [3.05, 3.63) is 64.9 Å². The number of nitrogens with zero attached hydrogens (tertiary/aromatic N) is 1. The highest BCUT2D eigenvalue weighted by molar-refractivity contribution is 6.30. The molecule has 29 heavy (non-hydrogen) atoms. The second-order valence-electron chi connectivity index (χ2n) is 6.98. The minimum absolute atomic E-state index is 0.0537. The first kappa shape index (κ1) is 22.7. The van der Waals surface area contributed by atoms with Crippen LogP contribution in [-0.2, 0) is 16.1 Å². The summed E-state index contributed by atoms with van der Waals surface area (Å²) in [5.41, 5.74) is 0.721. The zero-order chi connectivity index (χ0) is 21.4. The molecule has 1 atom stereocenters. The van der Waals surface area contributed by atoms with E-state index in [2.05, 4.69) is 5.32 Å². The van der Waals surface area contributed by atoms with Crippen LogP contribution < -0.4 is 10.1 Å². The van der Waals surface area contributed by atoms with Gasteiger partial charge in [-0.15, -0.1) is 0 Å². The smallest absolute Gasteiger partial charge is 0.261 e. The van der Waals surface area contributed by atoms with Crippen LogP contribution in [-0.4, -0.2) is 35.4 Å². The molecule has 2 amide bonds. The van der Waals surface area contributed by atoms with Gasteiger partial charge in [0, 0.05) is 17.6 Å². The van der Waals surface area contributed by atoms with E-state index in [1.807, 2.05) is 20.8 Å². The average Bonchev–Trinajstić information content (AvgIpc) is 2.67. The number of ether oxygens (including phenoxy) is 1. The normalized spacial score (nSPS) is 11.8. The van der Waals surface area contributed by atoms with Crippen molar-refractivity contribution in [1.82, 2.24) is 10.2 Å². The highest BCUT2D eigenvalue weighted by Gasteiger charge is 2.29. The Morgan fingerprint density at radius 3 is 2.45 bits per heavy atom. The Bertz CT molecular complexity index is 827. The monoisotopic (exact) mass is 420 g/mol. The van der Waals surface area contributed by atoms with Crippen LogP contribution in [0.4, 0.5) is 4.39 Å². The first-order valence-corrected chi connectivity index (χ1v) is 9.90. The zero-order valence-electron chi connectivity index (χ0n) is 16.8. The van der Waals surface area contributed by atoms with Crippen LogP contribution in [0.5, 0.6) is 5.75 Å². The number of hydrogen-bond acceptors (Lipinski definition) is 3. The van der Waals surface area contributed by atoms with Crippen molar-refractivity contribution >= 4 is 23.4 Å². The topological polar surface area (TPSA) is 58.6 Å². The van der Waals surface area contributed by atoms with Crippen molar-refractivity contribution < 1.29 is 18.7 Å². The first-order chi connectivity index (χ1) is 13.8. The van der Waals surface area contributed by atoms with E-state index in [1.54, 1.807) is 36.4 Å². The van der Waals surface area contributed by atoms with Gasteiger partial charge in [0.05, 0.1) is 0 Å². The number of carbonyl (C=O) groups excluding carboxylic acids is 2. The summed E-state index contributed by atoms with van der Waals surface area (Å²) in [4.78, 5) is 27.1. The SMILES string of the molecule is CC[C@@H](C(=O)NC(C)C)N(Cc1ccc(F)cc1)C(=O)COc1cccc(Cl)c1. The molecule has 1 N–H and O–H groups in total. The van der Waals surface area contributed by atoms with Gasteiger partial charge in [-0.2, -0.15) is 0 Å². The minimum Gasteiger partial charge on any atom is -0.484 e. The molecule has 0 saturated heterocycles. The van der Waals surface area contributed by atoms with Gasteiger partial charge in [-0.25, -0.2) is 4.39 Å². The Labute approximate surface area is 175 Å². The Hall–Kier alpha value is -2.60. The van der Waals surface area contributed by atoms with Crippen molar-refractivity contribution in [1.29, 1.82) is 0 Å². The molecule has 7 heteroatoms. The number of nitrogens with one attached hydrogen (secondary N) is 1. The largest absolute Gasteiger partial charge is 0.484 e. The fourth-order valence-electron chi connectivity index (χ4n) is 2.87. The van der Waals surface area contributed by atoms with Gasteiger partial charge < -0.3 is 15.0 Å². The molecule has 0 radical (unpaired) electrons. The van der Waals surface area contributed by atoms with Crippen molar-refractivity contribution in [3.8, 4) is 5.75 Å². The predicted molar refractivity (Wildman–Crippen MR) is 111 cm³/mol. The van der Waals surface area contributed by atoms with Crippen LogP contribution >= 0.6 is 11.6 Å². The fourth-order valence-corrected chi connectivity index (χ4v) is 3.05. The number of benzene rings is 2. The molecule has 2 aromatic rings. The van der Waals surface area contributed by atoms with E-state index in [4.69, 9.17) is 16.3 Å². The molecule has 0 aliphatic rings. The van der Waals surface area contributed by atoms with Crippen LogP contribution in [0, 0.1) is 5.82 Å². The van der Waals surface area contributed by atoms with Crippen molar-refractivity contribution in [3.63, 3.8) is 0 Å². The zero-order valence-corrected chi connectivity index (χ0v) is 17.6. The minimum atomic E-state index is -0.669. The third-order valence-corrected chi connectivity index (χ3v) is 4.48. The molecule has 5 nitrogen and oxygen atoms in total. The van der Waals surface area contributed by atoms with Crippen molar-refractivity contribution in [2.24, 2.45) is 0 Å². The maximum atomic E-state index is 13.2. The lowest BCUT2D eigenvalue weighted by molar-refractivity contribution is -0.143. The molecular weight excluding hydrogens is 395 g/mol. The maximum Gasteiger partial charge on any atom is 0.261 e. The highest BCUT2D eigenvalue weighted by Crippen LogP contribution is 2.18. The lowest BCUT2D eigenvalue weighted by atomic mass is 10.1. The summed E-state index contributed by atoms with van der Waals surface area (Å²) in [7, 11) is 0. The third-order valence-electron chi connectivity index (χ3n) is 4.24. The summed E-state index contributed by atoms with van der Waals surface area (Å²) >= 11 is 5.95. The molecule has 0 bridgehead atoms. The van der Waals surface area contributed by atoms with Gasteiger partial charge in [-0.05, 0) is 56.2 Å². The van der Waals surface area contributed by atoms with E-state index in [0.29, 0.717) is 17.2 Å². The number of hydrogen-bond donors (Lipinski definition) is 1. The molecule has 0 spiro atoms. The highest BCUT2D eigenvalue weighted by atomic mass is 35.5. The Morgan fingerprint density at radius 2 is 1.86 bits per heavy atom.